The van der Waals surface area contributed by atoms with E-state index in [0.717, 1.165) is 16.9 Å². The summed E-state index contributed by atoms with van der Waals surface area (Å²) in [5, 5.41) is 8.92. The van der Waals surface area contributed by atoms with E-state index >= 15 is 0 Å². The predicted molar refractivity (Wildman–Crippen MR) is 56.0 cm³/mol. The SMILES string of the molecule is Cc1nc2cccc(N)c2n1CCO. The fourth-order valence-corrected chi connectivity index (χ4v) is 1.70. The van der Waals surface area contributed by atoms with Gasteiger partial charge in [0.05, 0.1) is 23.3 Å². The van der Waals surface area contributed by atoms with Crippen LogP contribution in [0.1, 0.15) is 5.82 Å². The number of aryl methyl sites for hydroxylation is 1. The number of hydrogen-bond donors (Lipinski definition) is 2. The number of imidazole rings is 1. The normalized spacial score (nSPS) is 11.0. The molecule has 2 rings (SSSR count). The van der Waals surface area contributed by atoms with Gasteiger partial charge in [-0.15, -0.1) is 0 Å². The van der Waals surface area contributed by atoms with Gasteiger partial charge in [0.15, 0.2) is 0 Å². The number of nitrogens with zero attached hydrogens (tertiary/aromatic N) is 2. The number of nitrogens with two attached hydrogens (primary N) is 1. The Morgan fingerprint density at radius 2 is 2.29 bits per heavy atom. The lowest BCUT2D eigenvalue weighted by Crippen LogP contribution is -2.05. The molecule has 0 fully saturated rings. The van der Waals surface area contributed by atoms with Crippen LogP contribution in [-0.2, 0) is 6.54 Å². The number of nitrogen functional groups attached to an aromatic ring is 1. The average molecular weight is 191 g/mol. The second-order valence-corrected chi connectivity index (χ2v) is 3.25. The molecule has 2 aromatic rings. The zero-order valence-corrected chi connectivity index (χ0v) is 8.07. The number of anilines is 1. The Morgan fingerprint density at radius 3 is 3.00 bits per heavy atom. The molecular weight excluding hydrogens is 178 g/mol. The average Bonchev–Trinajstić information content (AvgIpc) is 2.45. The van der Waals surface area contributed by atoms with Crippen LogP contribution in [0.15, 0.2) is 18.2 Å². The van der Waals surface area contributed by atoms with Crippen LogP contribution in [0.2, 0.25) is 0 Å². The quantitative estimate of drug-likeness (QED) is 0.694. The Morgan fingerprint density at radius 1 is 1.50 bits per heavy atom. The number of fused-ring (bicyclic) bond motifs is 1. The Labute approximate surface area is 82.0 Å². The first kappa shape index (κ1) is 9.02. The van der Waals surface area contributed by atoms with Crippen LogP contribution in [0, 0.1) is 6.92 Å². The van der Waals surface area contributed by atoms with Crippen molar-refractivity contribution in [3.8, 4) is 0 Å². The molecule has 0 bridgehead atoms. The number of aliphatic hydroxyl groups is 1. The molecule has 0 spiro atoms. The second-order valence-electron chi connectivity index (χ2n) is 3.25. The predicted octanol–water partition coefficient (Wildman–Crippen LogP) is 0.919. The van der Waals surface area contributed by atoms with Crippen molar-refractivity contribution >= 4 is 16.7 Å². The Kier molecular flexibility index (Phi) is 2.13. The molecular formula is C10H13N3O. The van der Waals surface area contributed by atoms with Gasteiger partial charge in [0.2, 0.25) is 0 Å². The summed E-state index contributed by atoms with van der Waals surface area (Å²) in [6.45, 7) is 2.55. The van der Waals surface area contributed by atoms with Crippen molar-refractivity contribution in [3.05, 3.63) is 24.0 Å². The number of benzene rings is 1. The third-order valence-electron chi connectivity index (χ3n) is 2.31. The van der Waals surface area contributed by atoms with Gasteiger partial charge in [-0.25, -0.2) is 4.98 Å². The minimum Gasteiger partial charge on any atom is -0.397 e. The van der Waals surface area contributed by atoms with Gasteiger partial charge in [0.25, 0.3) is 0 Å². The number of hydrogen-bond acceptors (Lipinski definition) is 3. The summed E-state index contributed by atoms with van der Waals surface area (Å²) in [5.74, 6) is 0.881. The fourth-order valence-electron chi connectivity index (χ4n) is 1.70. The molecule has 0 aliphatic heterocycles. The lowest BCUT2D eigenvalue weighted by Gasteiger charge is -2.05. The molecule has 4 nitrogen and oxygen atoms in total. The van der Waals surface area contributed by atoms with Crippen LogP contribution in [0.25, 0.3) is 11.0 Å². The molecule has 14 heavy (non-hydrogen) atoms. The number of aromatic nitrogens is 2. The maximum Gasteiger partial charge on any atom is 0.106 e. The van der Waals surface area contributed by atoms with Gasteiger partial charge < -0.3 is 15.4 Å². The zero-order chi connectivity index (χ0) is 10.1. The van der Waals surface area contributed by atoms with Crippen LogP contribution in [0.3, 0.4) is 0 Å². The first-order valence-corrected chi connectivity index (χ1v) is 4.56. The highest BCUT2D eigenvalue weighted by molar-refractivity contribution is 5.87. The smallest absolute Gasteiger partial charge is 0.106 e. The van der Waals surface area contributed by atoms with Gasteiger partial charge in [-0.3, -0.25) is 0 Å². The van der Waals surface area contributed by atoms with Crippen LogP contribution >= 0.6 is 0 Å². The molecule has 0 unspecified atom stereocenters. The van der Waals surface area contributed by atoms with Crippen molar-refractivity contribution in [2.45, 2.75) is 13.5 Å². The molecule has 1 aromatic carbocycles. The highest BCUT2D eigenvalue weighted by atomic mass is 16.3. The Bertz CT molecular complexity index is 462. The molecule has 0 aliphatic carbocycles. The summed E-state index contributed by atoms with van der Waals surface area (Å²) >= 11 is 0. The van der Waals surface area contributed by atoms with Crippen molar-refractivity contribution in [1.82, 2.24) is 9.55 Å². The van der Waals surface area contributed by atoms with Gasteiger partial charge in [0.1, 0.15) is 5.82 Å². The summed E-state index contributed by atoms with van der Waals surface area (Å²) in [5.41, 5.74) is 8.36. The van der Waals surface area contributed by atoms with Crippen molar-refractivity contribution in [2.75, 3.05) is 12.3 Å². The van der Waals surface area contributed by atoms with Gasteiger partial charge in [-0.2, -0.15) is 0 Å². The van der Waals surface area contributed by atoms with Crippen LogP contribution in [0.5, 0.6) is 0 Å². The van der Waals surface area contributed by atoms with Crippen molar-refractivity contribution < 1.29 is 5.11 Å². The van der Waals surface area contributed by atoms with E-state index in [0.29, 0.717) is 12.2 Å². The lowest BCUT2D eigenvalue weighted by molar-refractivity contribution is 0.276. The summed E-state index contributed by atoms with van der Waals surface area (Å²) < 4.78 is 1.94. The van der Waals surface area contributed by atoms with E-state index in [1.807, 2.05) is 29.7 Å². The summed E-state index contributed by atoms with van der Waals surface area (Å²) in [7, 11) is 0. The monoisotopic (exact) mass is 191 g/mol. The molecule has 1 aromatic heterocycles. The standard InChI is InChI=1S/C10H13N3O/c1-7-12-9-4-2-3-8(11)10(9)13(7)5-6-14/h2-4,14H,5-6,11H2,1H3. The molecule has 0 saturated heterocycles. The largest absolute Gasteiger partial charge is 0.397 e. The lowest BCUT2D eigenvalue weighted by atomic mass is 10.3. The minimum atomic E-state index is 0.0979. The van der Waals surface area contributed by atoms with E-state index in [2.05, 4.69) is 4.98 Å². The Hall–Kier alpha value is -1.55. The van der Waals surface area contributed by atoms with Crippen molar-refractivity contribution in [1.29, 1.82) is 0 Å². The van der Waals surface area contributed by atoms with E-state index in [-0.39, 0.29) is 6.61 Å². The summed E-state index contributed by atoms with van der Waals surface area (Å²) in [6, 6.07) is 5.65. The molecule has 0 amide bonds. The van der Waals surface area contributed by atoms with E-state index in [1.54, 1.807) is 0 Å². The van der Waals surface area contributed by atoms with Crippen LogP contribution in [0.4, 0.5) is 5.69 Å². The molecule has 1 heterocycles. The second kappa shape index (κ2) is 3.31. The Balaban J connectivity index is 2.73. The zero-order valence-electron chi connectivity index (χ0n) is 8.07. The van der Waals surface area contributed by atoms with Gasteiger partial charge in [-0.1, -0.05) is 6.07 Å². The van der Waals surface area contributed by atoms with Gasteiger partial charge in [-0.05, 0) is 19.1 Å². The van der Waals surface area contributed by atoms with E-state index < -0.39 is 0 Å². The van der Waals surface area contributed by atoms with Crippen LogP contribution in [-0.4, -0.2) is 21.3 Å². The molecule has 4 heteroatoms. The third-order valence-corrected chi connectivity index (χ3v) is 2.31. The molecule has 0 aliphatic rings. The molecule has 0 atom stereocenters. The number of rotatable bonds is 2. The van der Waals surface area contributed by atoms with E-state index in [4.69, 9.17) is 10.8 Å². The molecule has 74 valence electrons. The topological polar surface area (TPSA) is 64.1 Å². The number of para-hydroxylation sites is 1. The summed E-state index contributed by atoms with van der Waals surface area (Å²) in [4.78, 5) is 4.36. The van der Waals surface area contributed by atoms with Gasteiger partial charge in [0, 0.05) is 6.54 Å². The van der Waals surface area contributed by atoms with Crippen molar-refractivity contribution in [3.63, 3.8) is 0 Å². The maximum absolute atomic E-state index is 8.92. The molecule has 3 N–H and O–H groups in total. The highest BCUT2D eigenvalue weighted by Gasteiger charge is 2.08. The first-order valence-electron chi connectivity index (χ1n) is 4.56. The van der Waals surface area contributed by atoms with Crippen LogP contribution < -0.4 is 5.73 Å². The van der Waals surface area contributed by atoms with E-state index in [9.17, 15) is 0 Å². The highest BCUT2D eigenvalue weighted by Crippen LogP contribution is 2.21. The van der Waals surface area contributed by atoms with Crippen molar-refractivity contribution in [2.24, 2.45) is 0 Å². The summed E-state index contributed by atoms with van der Waals surface area (Å²) in [6.07, 6.45) is 0. The number of aliphatic hydroxyl groups excluding tert-OH is 1. The third kappa shape index (κ3) is 1.24. The minimum absolute atomic E-state index is 0.0979. The molecule has 0 saturated carbocycles. The maximum atomic E-state index is 8.92. The molecule has 0 radical (unpaired) electrons. The van der Waals surface area contributed by atoms with E-state index in [1.165, 1.54) is 0 Å². The first-order chi connectivity index (χ1) is 6.74. The fraction of sp³-hybridized carbons (Fsp3) is 0.300. The van der Waals surface area contributed by atoms with Gasteiger partial charge >= 0.3 is 0 Å².